The van der Waals surface area contributed by atoms with Crippen molar-refractivity contribution in [3.05, 3.63) is 66.0 Å². The van der Waals surface area contributed by atoms with E-state index in [-0.39, 0.29) is 11.9 Å². The van der Waals surface area contributed by atoms with E-state index in [2.05, 4.69) is 21.8 Å². The standard InChI is InChI=1S/C17H18FN3/c1-3-21-11-10-20-17(21)16(19-2)14-8-9-15(18)13-7-5-4-6-12(13)14/h4-11,16,19H,3H2,1-2H3. The molecule has 1 aromatic heterocycles. The third kappa shape index (κ3) is 2.32. The van der Waals surface area contributed by atoms with Gasteiger partial charge in [-0.25, -0.2) is 9.37 Å². The Morgan fingerprint density at radius 3 is 2.67 bits per heavy atom. The van der Waals surface area contributed by atoms with Crippen molar-refractivity contribution in [2.24, 2.45) is 0 Å². The van der Waals surface area contributed by atoms with E-state index < -0.39 is 0 Å². The quantitative estimate of drug-likeness (QED) is 0.794. The third-order valence-corrected chi connectivity index (χ3v) is 3.85. The first-order valence-electron chi connectivity index (χ1n) is 7.11. The SMILES string of the molecule is CCn1ccnc1C(NC)c1ccc(F)c2ccccc12. The summed E-state index contributed by atoms with van der Waals surface area (Å²) in [5.74, 6) is 0.750. The molecule has 3 aromatic rings. The second-order valence-electron chi connectivity index (χ2n) is 4.98. The normalized spacial score (nSPS) is 12.7. The van der Waals surface area contributed by atoms with E-state index in [4.69, 9.17) is 0 Å². The van der Waals surface area contributed by atoms with Gasteiger partial charge >= 0.3 is 0 Å². The van der Waals surface area contributed by atoms with Crippen LogP contribution >= 0.6 is 0 Å². The lowest BCUT2D eigenvalue weighted by molar-refractivity contribution is 0.591. The van der Waals surface area contributed by atoms with Gasteiger partial charge in [0.15, 0.2) is 0 Å². The summed E-state index contributed by atoms with van der Waals surface area (Å²) in [6.45, 7) is 2.94. The van der Waals surface area contributed by atoms with Crippen molar-refractivity contribution >= 4 is 10.8 Å². The van der Waals surface area contributed by atoms with Crippen LogP contribution in [0.25, 0.3) is 10.8 Å². The highest BCUT2D eigenvalue weighted by Gasteiger charge is 2.20. The molecule has 0 aliphatic heterocycles. The number of nitrogens with zero attached hydrogens (tertiary/aromatic N) is 2. The Bertz CT molecular complexity index is 764. The summed E-state index contributed by atoms with van der Waals surface area (Å²) >= 11 is 0. The predicted octanol–water partition coefficient (Wildman–Crippen LogP) is 3.50. The fourth-order valence-corrected chi connectivity index (χ4v) is 2.81. The van der Waals surface area contributed by atoms with Gasteiger partial charge in [0.05, 0.1) is 6.04 Å². The number of hydrogen-bond acceptors (Lipinski definition) is 2. The molecule has 1 atom stereocenters. The summed E-state index contributed by atoms with van der Waals surface area (Å²) in [7, 11) is 1.90. The number of benzene rings is 2. The molecular formula is C17H18FN3. The van der Waals surface area contributed by atoms with Crippen molar-refractivity contribution in [3.8, 4) is 0 Å². The Labute approximate surface area is 123 Å². The van der Waals surface area contributed by atoms with E-state index in [9.17, 15) is 4.39 Å². The van der Waals surface area contributed by atoms with Gasteiger partial charge in [0, 0.05) is 24.3 Å². The van der Waals surface area contributed by atoms with Crippen molar-refractivity contribution in [1.82, 2.24) is 14.9 Å². The van der Waals surface area contributed by atoms with Crippen molar-refractivity contribution in [1.29, 1.82) is 0 Å². The van der Waals surface area contributed by atoms with Gasteiger partial charge in [-0.05, 0) is 31.0 Å². The number of aryl methyl sites for hydroxylation is 1. The lowest BCUT2D eigenvalue weighted by Gasteiger charge is -2.19. The van der Waals surface area contributed by atoms with Crippen LogP contribution in [0.5, 0.6) is 0 Å². The number of halogens is 1. The second kappa shape index (κ2) is 5.66. The van der Waals surface area contributed by atoms with Crippen LogP contribution in [0, 0.1) is 5.82 Å². The lowest BCUT2D eigenvalue weighted by Crippen LogP contribution is -2.22. The first-order valence-corrected chi connectivity index (χ1v) is 7.11. The van der Waals surface area contributed by atoms with Crippen LogP contribution in [-0.2, 0) is 6.54 Å². The summed E-state index contributed by atoms with van der Waals surface area (Å²) in [4.78, 5) is 4.47. The molecule has 0 fully saturated rings. The summed E-state index contributed by atoms with van der Waals surface area (Å²) in [6.07, 6.45) is 3.76. The number of fused-ring (bicyclic) bond motifs is 1. The molecule has 1 heterocycles. The van der Waals surface area contributed by atoms with Crippen LogP contribution in [0.4, 0.5) is 4.39 Å². The number of nitrogens with one attached hydrogen (secondary N) is 1. The molecule has 0 spiro atoms. The average Bonchev–Trinajstić information content (AvgIpc) is 2.99. The first kappa shape index (κ1) is 13.8. The van der Waals surface area contributed by atoms with Gasteiger partial charge < -0.3 is 9.88 Å². The second-order valence-corrected chi connectivity index (χ2v) is 4.98. The number of rotatable bonds is 4. The molecule has 0 aliphatic rings. The van der Waals surface area contributed by atoms with Crippen molar-refractivity contribution in [2.45, 2.75) is 19.5 Å². The molecule has 0 radical (unpaired) electrons. The van der Waals surface area contributed by atoms with Crippen molar-refractivity contribution < 1.29 is 4.39 Å². The van der Waals surface area contributed by atoms with Gasteiger partial charge in [0.2, 0.25) is 0 Å². The minimum absolute atomic E-state index is 0.0644. The number of hydrogen-bond donors (Lipinski definition) is 1. The smallest absolute Gasteiger partial charge is 0.131 e. The van der Waals surface area contributed by atoms with E-state index in [1.165, 1.54) is 6.07 Å². The van der Waals surface area contributed by atoms with Gasteiger partial charge in [-0.15, -0.1) is 0 Å². The molecule has 0 amide bonds. The Morgan fingerprint density at radius 1 is 1.19 bits per heavy atom. The van der Waals surface area contributed by atoms with Crippen molar-refractivity contribution in [3.63, 3.8) is 0 Å². The van der Waals surface area contributed by atoms with E-state index >= 15 is 0 Å². The molecule has 1 unspecified atom stereocenters. The van der Waals surface area contributed by atoms with Crippen LogP contribution in [-0.4, -0.2) is 16.6 Å². The molecule has 1 N–H and O–H groups in total. The summed E-state index contributed by atoms with van der Waals surface area (Å²) in [5, 5.41) is 4.86. The highest BCUT2D eigenvalue weighted by molar-refractivity contribution is 5.87. The zero-order valence-corrected chi connectivity index (χ0v) is 12.2. The molecule has 0 saturated carbocycles. The fraction of sp³-hybridized carbons (Fsp3) is 0.235. The Balaban J connectivity index is 2.20. The summed E-state index contributed by atoms with van der Waals surface area (Å²) in [5.41, 5.74) is 1.04. The fourth-order valence-electron chi connectivity index (χ4n) is 2.81. The molecule has 3 rings (SSSR count). The van der Waals surface area contributed by atoms with Gasteiger partial charge in [0.25, 0.3) is 0 Å². The van der Waals surface area contributed by atoms with Crippen LogP contribution in [0.15, 0.2) is 48.8 Å². The van der Waals surface area contributed by atoms with Crippen LogP contribution in [0.2, 0.25) is 0 Å². The van der Waals surface area contributed by atoms with Crippen LogP contribution in [0.3, 0.4) is 0 Å². The van der Waals surface area contributed by atoms with Crippen molar-refractivity contribution in [2.75, 3.05) is 7.05 Å². The molecule has 108 valence electrons. The minimum Gasteiger partial charge on any atom is -0.334 e. The van der Waals surface area contributed by atoms with Gasteiger partial charge in [-0.2, -0.15) is 0 Å². The third-order valence-electron chi connectivity index (χ3n) is 3.85. The Kier molecular flexibility index (Phi) is 3.71. The number of imidazole rings is 1. The molecule has 0 saturated heterocycles. The minimum atomic E-state index is -0.192. The topological polar surface area (TPSA) is 29.9 Å². The van der Waals surface area contributed by atoms with Gasteiger partial charge in [-0.1, -0.05) is 30.3 Å². The maximum absolute atomic E-state index is 14.0. The van der Waals surface area contributed by atoms with E-state index in [1.54, 1.807) is 6.20 Å². The monoisotopic (exact) mass is 283 g/mol. The lowest BCUT2D eigenvalue weighted by atomic mass is 9.98. The predicted molar refractivity (Wildman–Crippen MR) is 82.7 cm³/mol. The molecule has 0 aliphatic carbocycles. The maximum Gasteiger partial charge on any atom is 0.131 e. The molecule has 21 heavy (non-hydrogen) atoms. The zero-order chi connectivity index (χ0) is 14.8. The van der Waals surface area contributed by atoms with Crippen LogP contribution < -0.4 is 5.32 Å². The average molecular weight is 283 g/mol. The Morgan fingerprint density at radius 2 is 1.95 bits per heavy atom. The molecule has 4 heteroatoms. The van der Waals surface area contributed by atoms with E-state index in [1.807, 2.05) is 43.6 Å². The summed E-state index contributed by atoms with van der Waals surface area (Å²) < 4.78 is 16.1. The maximum atomic E-state index is 14.0. The highest BCUT2D eigenvalue weighted by atomic mass is 19.1. The zero-order valence-electron chi connectivity index (χ0n) is 12.2. The van der Waals surface area contributed by atoms with Gasteiger partial charge in [0.1, 0.15) is 11.6 Å². The van der Waals surface area contributed by atoms with E-state index in [0.717, 1.165) is 23.3 Å². The van der Waals surface area contributed by atoms with E-state index in [0.29, 0.717) is 5.39 Å². The molecule has 2 aromatic carbocycles. The molecule has 3 nitrogen and oxygen atoms in total. The largest absolute Gasteiger partial charge is 0.334 e. The highest BCUT2D eigenvalue weighted by Crippen LogP contribution is 2.29. The van der Waals surface area contributed by atoms with Crippen LogP contribution in [0.1, 0.15) is 24.4 Å². The molecular weight excluding hydrogens is 265 g/mol. The first-order chi connectivity index (χ1) is 10.3. The molecule has 0 bridgehead atoms. The number of aromatic nitrogens is 2. The Hall–Kier alpha value is -2.20. The summed E-state index contributed by atoms with van der Waals surface area (Å²) in [6, 6.07) is 10.9. The van der Waals surface area contributed by atoms with Gasteiger partial charge in [-0.3, -0.25) is 0 Å².